The lowest BCUT2D eigenvalue weighted by atomic mass is 9.85. The van der Waals surface area contributed by atoms with E-state index in [2.05, 4.69) is 44.8 Å². The number of nitrogens with one attached hydrogen (secondary N) is 2. The standard InChI is InChI=1S/C31H33ClFN9O/c32-24-13-20(15-34)14-25(33)27(24)39-31-38-26-16-36-30(40-29(26)42(31)23-10-8-21(9-11-23)28(35)43)37-22-7-4-12-41(18-22)17-19-5-2-1-3-6-19/h1-3,5-6,13-14,16,21-23H,4,7-12,17-18H2,(H2,35,43)(H,38,39)(H,36,37,40)/t21-,22-,23+/m1/s1. The first kappa shape index (κ1) is 28.8. The van der Waals surface area contributed by atoms with Gasteiger partial charge in [-0.15, -0.1) is 0 Å². The predicted molar refractivity (Wildman–Crippen MR) is 163 cm³/mol. The van der Waals surface area contributed by atoms with E-state index in [9.17, 15) is 10.1 Å². The molecule has 0 radical (unpaired) electrons. The third-order valence-electron chi connectivity index (χ3n) is 8.39. The summed E-state index contributed by atoms with van der Waals surface area (Å²) < 4.78 is 17.0. The molecule has 1 saturated heterocycles. The molecule has 4 aromatic rings. The molecule has 222 valence electrons. The molecule has 2 aromatic heterocycles. The van der Waals surface area contributed by atoms with Crippen molar-refractivity contribution < 1.29 is 9.18 Å². The van der Waals surface area contributed by atoms with Gasteiger partial charge in [0.25, 0.3) is 0 Å². The Hall–Kier alpha value is -4.27. The zero-order valence-corrected chi connectivity index (χ0v) is 24.4. The van der Waals surface area contributed by atoms with E-state index in [0.29, 0.717) is 48.7 Å². The zero-order valence-electron chi connectivity index (χ0n) is 23.6. The van der Waals surface area contributed by atoms with Gasteiger partial charge in [0.05, 0.1) is 28.5 Å². The number of imidazole rings is 1. The van der Waals surface area contributed by atoms with Crippen molar-refractivity contribution in [2.75, 3.05) is 23.7 Å². The second kappa shape index (κ2) is 12.5. The maximum atomic E-state index is 15.0. The molecular formula is C31H33ClFN9O. The van der Waals surface area contributed by atoms with E-state index in [4.69, 9.17) is 27.3 Å². The molecule has 43 heavy (non-hydrogen) atoms. The number of nitriles is 1. The van der Waals surface area contributed by atoms with Crippen LogP contribution in [0.15, 0.2) is 48.7 Å². The van der Waals surface area contributed by atoms with E-state index >= 15 is 4.39 Å². The molecule has 12 heteroatoms. The summed E-state index contributed by atoms with van der Waals surface area (Å²) in [6, 6.07) is 15.0. The third-order valence-corrected chi connectivity index (χ3v) is 8.69. The van der Waals surface area contributed by atoms with E-state index < -0.39 is 5.82 Å². The van der Waals surface area contributed by atoms with Crippen molar-refractivity contribution in [3.8, 4) is 6.07 Å². The lowest BCUT2D eigenvalue weighted by Gasteiger charge is -2.33. The minimum Gasteiger partial charge on any atom is -0.369 e. The van der Waals surface area contributed by atoms with E-state index in [1.807, 2.05) is 16.7 Å². The van der Waals surface area contributed by atoms with Gasteiger partial charge in [0.1, 0.15) is 11.3 Å². The molecule has 3 heterocycles. The molecule has 1 aliphatic carbocycles. The number of fused-ring (bicyclic) bond motifs is 1. The van der Waals surface area contributed by atoms with E-state index in [0.717, 1.165) is 38.5 Å². The highest BCUT2D eigenvalue weighted by Crippen LogP contribution is 2.38. The normalized spacial score (nSPS) is 20.9. The highest BCUT2D eigenvalue weighted by molar-refractivity contribution is 6.33. The molecule has 4 N–H and O–H groups in total. The Kier molecular flexibility index (Phi) is 8.40. The smallest absolute Gasteiger partial charge is 0.225 e. The highest BCUT2D eigenvalue weighted by atomic mass is 35.5. The van der Waals surface area contributed by atoms with Crippen LogP contribution >= 0.6 is 11.6 Å². The first-order valence-electron chi connectivity index (χ1n) is 14.6. The number of likely N-dealkylation sites (tertiary alicyclic amines) is 1. The summed E-state index contributed by atoms with van der Waals surface area (Å²) in [5, 5.41) is 15.9. The second-order valence-corrected chi connectivity index (χ2v) is 11.8. The summed E-state index contributed by atoms with van der Waals surface area (Å²) in [5.41, 5.74) is 8.17. The lowest BCUT2D eigenvalue weighted by Crippen LogP contribution is -2.41. The van der Waals surface area contributed by atoms with Crippen LogP contribution in [0.4, 0.5) is 22.0 Å². The summed E-state index contributed by atoms with van der Waals surface area (Å²) >= 11 is 6.37. The largest absolute Gasteiger partial charge is 0.369 e. The number of anilines is 3. The minimum absolute atomic E-state index is 0.0232. The molecule has 2 fully saturated rings. The molecule has 1 aliphatic heterocycles. The number of carbonyl (C=O) groups excluding carboxylic acids is 1. The first-order chi connectivity index (χ1) is 20.9. The molecule has 2 aliphatic rings. The Morgan fingerprint density at radius 2 is 1.93 bits per heavy atom. The average Bonchev–Trinajstić information content (AvgIpc) is 3.36. The van der Waals surface area contributed by atoms with Crippen molar-refractivity contribution in [1.29, 1.82) is 5.26 Å². The molecule has 0 bridgehead atoms. The molecule has 0 unspecified atom stereocenters. The summed E-state index contributed by atoms with van der Waals surface area (Å²) in [7, 11) is 0. The van der Waals surface area contributed by atoms with Crippen molar-refractivity contribution >= 4 is 46.3 Å². The van der Waals surface area contributed by atoms with Crippen LogP contribution in [0.25, 0.3) is 11.2 Å². The fourth-order valence-corrected chi connectivity index (χ4v) is 6.48. The number of piperidine rings is 1. The topological polar surface area (TPSA) is 138 Å². The number of halogens is 2. The molecule has 6 rings (SSSR count). The van der Waals surface area contributed by atoms with Gasteiger partial charge < -0.3 is 16.4 Å². The van der Waals surface area contributed by atoms with Gasteiger partial charge in [-0.2, -0.15) is 10.2 Å². The second-order valence-electron chi connectivity index (χ2n) is 11.4. The summed E-state index contributed by atoms with van der Waals surface area (Å²) in [6.45, 7) is 2.80. The molecule has 1 saturated carbocycles. The number of nitrogens with zero attached hydrogens (tertiary/aromatic N) is 6. The minimum atomic E-state index is -0.661. The van der Waals surface area contributed by atoms with Crippen LogP contribution in [-0.4, -0.2) is 49.5 Å². The molecule has 10 nitrogen and oxygen atoms in total. The van der Waals surface area contributed by atoms with Gasteiger partial charge >= 0.3 is 0 Å². The monoisotopic (exact) mass is 601 g/mol. The number of amides is 1. The van der Waals surface area contributed by atoms with Crippen molar-refractivity contribution in [3.05, 3.63) is 70.6 Å². The molecule has 0 spiro atoms. The quantitative estimate of drug-likeness (QED) is 0.240. The van der Waals surface area contributed by atoms with Gasteiger partial charge in [-0.3, -0.25) is 14.3 Å². The van der Waals surface area contributed by atoms with Gasteiger partial charge in [-0.25, -0.2) is 14.4 Å². The fraction of sp³-hybridized carbons (Fsp3) is 0.387. The van der Waals surface area contributed by atoms with Crippen LogP contribution in [0.3, 0.4) is 0 Å². The van der Waals surface area contributed by atoms with Gasteiger partial charge in [0.2, 0.25) is 17.8 Å². The molecule has 1 amide bonds. The predicted octanol–water partition coefficient (Wildman–Crippen LogP) is 5.53. The number of nitrogens with two attached hydrogens (primary N) is 1. The average molecular weight is 602 g/mol. The van der Waals surface area contributed by atoms with E-state index in [1.54, 1.807) is 6.20 Å². The Bertz CT molecular complexity index is 1640. The van der Waals surface area contributed by atoms with Gasteiger partial charge in [0, 0.05) is 31.1 Å². The van der Waals surface area contributed by atoms with Crippen molar-refractivity contribution in [3.63, 3.8) is 0 Å². The number of carbonyl (C=O) groups is 1. The maximum Gasteiger partial charge on any atom is 0.225 e. The van der Waals surface area contributed by atoms with Gasteiger partial charge in [0.15, 0.2) is 5.65 Å². The van der Waals surface area contributed by atoms with Crippen molar-refractivity contribution in [2.45, 2.75) is 57.2 Å². The Labute approximate surface area is 254 Å². The number of rotatable bonds is 8. The van der Waals surface area contributed by atoms with E-state index in [-0.39, 0.29) is 40.2 Å². The fourth-order valence-electron chi connectivity index (χ4n) is 6.22. The Morgan fingerprint density at radius 3 is 2.65 bits per heavy atom. The molecule has 2 aromatic carbocycles. The van der Waals surface area contributed by atoms with Gasteiger partial charge in [-0.05, 0) is 62.8 Å². The van der Waals surface area contributed by atoms with Crippen LogP contribution in [0.5, 0.6) is 0 Å². The van der Waals surface area contributed by atoms with Crippen molar-refractivity contribution in [2.24, 2.45) is 11.7 Å². The number of hydrogen-bond donors (Lipinski definition) is 3. The maximum absolute atomic E-state index is 15.0. The van der Waals surface area contributed by atoms with Crippen molar-refractivity contribution in [1.82, 2.24) is 24.4 Å². The summed E-state index contributed by atoms with van der Waals surface area (Å²) in [5.74, 6) is -0.265. The summed E-state index contributed by atoms with van der Waals surface area (Å²) in [4.78, 5) is 28.5. The zero-order chi connectivity index (χ0) is 29.9. The first-order valence-corrected chi connectivity index (χ1v) is 15.0. The van der Waals surface area contributed by atoms with Crippen LogP contribution < -0.4 is 16.4 Å². The highest BCUT2D eigenvalue weighted by Gasteiger charge is 2.30. The van der Waals surface area contributed by atoms with Crippen LogP contribution in [0.1, 0.15) is 55.7 Å². The van der Waals surface area contributed by atoms with Crippen LogP contribution in [-0.2, 0) is 11.3 Å². The Morgan fingerprint density at radius 1 is 1.14 bits per heavy atom. The molecule has 1 atom stereocenters. The SMILES string of the molecule is N#Cc1cc(F)c(Nc2nc3cnc(N[C@@H]4CCCN(Cc5ccccc5)C4)nc3n2[C@H]2CC[C@@H](C(N)=O)CC2)c(Cl)c1. The Balaban J connectivity index is 1.29. The number of primary amides is 1. The van der Waals surface area contributed by atoms with Crippen LogP contribution in [0, 0.1) is 23.1 Å². The summed E-state index contributed by atoms with van der Waals surface area (Å²) in [6.07, 6.45) is 6.39. The van der Waals surface area contributed by atoms with Crippen LogP contribution in [0.2, 0.25) is 5.02 Å². The van der Waals surface area contributed by atoms with Gasteiger partial charge in [-0.1, -0.05) is 41.9 Å². The number of aromatic nitrogens is 4. The van der Waals surface area contributed by atoms with E-state index in [1.165, 1.54) is 11.6 Å². The lowest BCUT2D eigenvalue weighted by molar-refractivity contribution is -0.122. The number of benzene rings is 2. The number of hydrogen-bond acceptors (Lipinski definition) is 8. The molecular weight excluding hydrogens is 569 g/mol. The third kappa shape index (κ3) is 6.40.